The van der Waals surface area contributed by atoms with Gasteiger partial charge in [-0.3, -0.25) is 4.79 Å². The van der Waals surface area contributed by atoms with Gasteiger partial charge in [-0.05, 0) is 50.5 Å². The van der Waals surface area contributed by atoms with Crippen molar-refractivity contribution in [3.8, 4) is 5.75 Å². The summed E-state index contributed by atoms with van der Waals surface area (Å²) in [5.41, 5.74) is 1.74. The van der Waals surface area contributed by atoms with Crippen molar-refractivity contribution in [3.63, 3.8) is 0 Å². The van der Waals surface area contributed by atoms with Gasteiger partial charge in [0.2, 0.25) is 0 Å². The predicted octanol–water partition coefficient (Wildman–Crippen LogP) is 3.91. The molecule has 1 aliphatic carbocycles. The molecule has 1 unspecified atom stereocenters. The van der Waals surface area contributed by atoms with E-state index in [1.165, 1.54) is 5.56 Å². The molecule has 110 valence electrons. The van der Waals surface area contributed by atoms with E-state index in [9.17, 15) is 4.79 Å². The van der Waals surface area contributed by atoms with Crippen LogP contribution in [0.5, 0.6) is 5.75 Å². The molecule has 1 aromatic carbocycles. The van der Waals surface area contributed by atoms with Gasteiger partial charge in [-0.2, -0.15) is 0 Å². The van der Waals surface area contributed by atoms with Crippen LogP contribution in [-0.2, 0) is 16.0 Å². The van der Waals surface area contributed by atoms with Crippen molar-refractivity contribution in [1.29, 1.82) is 0 Å². The van der Waals surface area contributed by atoms with Crippen molar-refractivity contribution in [3.05, 3.63) is 29.3 Å². The number of rotatable bonds is 2. The number of hydrogen-bond donors (Lipinski definition) is 0. The Morgan fingerprint density at radius 1 is 1.30 bits per heavy atom. The minimum Gasteiger partial charge on any atom is -0.497 e. The third kappa shape index (κ3) is 2.67. The number of carbonyl (C=O) groups excluding carboxylic acids is 1. The van der Waals surface area contributed by atoms with E-state index in [-0.39, 0.29) is 17.5 Å². The lowest BCUT2D eigenvalue weighted by Crippen LogP contribution is -2.29. The lowest BCUT2D eigenvalue weighted by Gasteiger charge is -2.30. The number of methoxy groups -OCH3 is 1. The number of carbonyl (C=O) groups is 1. The zero-order chi connectivity index (χ0) is 15.1. The van der Waals surface area contributed by atoms with E-state index in [2.05, 4.69) is 19.9 Å². The predicted molar refractivity (Wildman–Crippen MR) is 78.8 cm³/mol. The van der Waals surface area contributed by atoms with E-state index in [4.69, 9.17) is 9.47 Å². The maximum atomic E-state index is 12.2. The lowest BCUT2D eigenvalue weighted by atomic mass is 9.87. The minimum absolute atomic E-state index is 0.0877. The summed E-state index contributed by atoms with van der Waals surface area (Å²) >= 11 is 0. The van der Waals surface area contributed by atoms with Crippen molar-refractivity contribution in [2.45, 2.75) is 47.1 Å². The second-order valence-corrected chi connectivity index (χ2v) is 7.27. The Morgan fingerprint density at radius 3 is 2.50 bits per heavy atom. The van der Waals surface area contributed by atoms with Crippen LogP contribution in [0.15, 0.2) is 18.2 Å². The van der Waals surface area contributed by atoms with E-state index in [1.807, 2.05) is 32.9 Å². The second-order valence-electron chi connectivity index (χ2n) is 7.27. The largest absolute Gasteiger partial charge is 0.497 e. The van der Waals surface area contributed by atoms with E-state index < -0.39 is 5.41 Å². The van der Waals surface area contributed by atoms with Gasteiger partial charge in [0.1, 0.15) is 11.9 Å². The van der Waals surface area contributed by atoms with E-state index in [1.54, 1.807) is 7.11 Å². The van der Waals surface area contributed by atoms with Gasteiger partial charge in [0, 0.05) is 5.41 Å². The summed E-state index contributed by atoms with van der Waals surface area (Å²) in [5.74, 6) is 0.643. The first-order valence-electron chi connectivity index (χ1n) is 7.03. The average Bonchev–Trinajstić information content (AvgIpc) is 2.58. The molecule has 0 aromatic heterocycles. The van der Waals surface area contributed by atoms with Gasteiger partial charge >= 0.3 is 5.97 Å². The molecule has 0 aliphatic heterocycles. The van der Waals surface area contributed by atoms with Crippen molar-refractivity contribution >= 4 is 5.97 Å². The first-order chi connectivity index (χ1) is 9.15. The van der Waals surface area contributed by atoms with E-state index >= 15 is 0 Å². The third-order valence-corrected chi connectivity index (χ3v) is 3.83. The monoisotopic (exact) mass is 276 g/mol. The third-order valence-electron chi connectivity index (χ3n) is 3.83. The molecular weight excluding hydrogens is 252 g/mol. The Kier molecular flexibility index (Phi) is 3.57. The quantitative estimate of drug-likeness (QED) is 0.768. The zero-order valence-corrected chi connectivity index (χ0v) is 13.2. The summed E-state index contributed by atoms with van der Waals surface area (Å²) < 4.78 is 11.1. The zero-order valence-electron chi connectivity index (χ0n) is 13.2. The molecule has 0 fully saturated rings. The fraction of sp³-hybridized carbons (Fsp3) is 0.588. The van der Waals surface area contributed by atoms with Crippen LogP contribution in [0, 0.1) is 10.8 Å². The Bertz CT molecular complexity index is 524. The van der Waals surface area contributed by atoms with Crippen LogP contribution in [0.2, 0.25) is 0 Å². The molecule has 3 nitrogen and oxygen atoms in total. The number of hydrogen-bond acceptors (Lipinski definition) is 3. The highest BCUT2D eigenvalue weighted by Gasteiger charge is 2.43. The maximum Gasteiger partial charge on any atom is 0.311 e. The normalized spacial score (nSPS) is 20.4. The summed E-state index contributed by atoms with van der Waals surface area (Å²) in [7, 11) is 1.65. The van der Waals surface area contributed by atoms with Crippen molar-refractivity contribution in [2.75, 3.05) is 7.11 Å². The Balaban J connectivity index is 2.35. The van der Waals surface area contributed by atoms with Crippen LogP contribution >= 0.6 is 0 Å². The van der Waals surface area contributed by atoms with Crippen LogP contribution < -0.4 is 4.74 Å². The molecule has 0 radical (unpaired) electrons. The Morgan fingerprint density at radius 2 is 1.95 bits per heavy atom. The summed E-state index contributed by atoms with van der Waals surface area (Å²) in [4.78, 5) is 12.2. The van der Waals surface area contributed by atoms with E-state index in [0.29, 0.717) is 0 Å². The number of fused-ring (bicyclic) bond motifs is 1. The van der Waals surface area contributed by atoms with Gasteiger partial charge in [-0.25, -0.2) is 0 Å². The molecule has 0 N–H and O–H groups in total. The van der Waals surface area contributed by atoms with Gasteiger partial charge in [-0.1, -0.05) is 19.9 Å². The topological polar surface area (TPSA) is 35.5 Å². The smallest absolute Gasteiger partial charge is 0.311 e. The highest BCUT2D eigenvalue weighted by molar-refractivity contribution is 5.76. The molecule has 1 aliphatic rings. The molecule has 3 heteroatoms. The van der Waals surface area contributed by atoms with Crippen LogP contribution in [0.25, 0.3) is 0 Å². The van der Waals surface area contributed by atoms with Crippen LogP contribution in [0.3, 0.4) is 0 Å². The van der Waals surface area contributed by atoms with Crippen molar-refractivity contribution in [2.24, 2.45) is 10.8 Å². The average molecular weight is 276 g/mol. The van der Waals surface area contributed by atoms with Crippen LogP contribution in [0.4, 0.5) is 0 Å². The summed E-state index contributed by atoms with van der Waals surface area (Å²) in [6, 6.07) is 6.02. The molecule has 0 heterocycles. The van der Waals surface area contributed by atoms with Gasteiger partial charge in [-0.15, -0.1) is 0 Å². The highest BCUT2D eigenvalue weighted by Crippen LogP contribution is 2.49. The number of benzene rings is 1. The van der Waals surface area contributed by atoms with E-state index in [0.717, 1.165) is 17.7 Å². The van der Waals surface area contributed by atoms with Crippen molar-refractivity contribution in [1.82, 2.24) is 0 Å². The van der Waals surface area contributed by atoms with Crippen molar-refractivity contribution < 1.29 is 14.3 Å². The molecule has 0 saturated heterocycles. The summed E-state index contributed by atoms with van der Waals surface area (Å²) in [5, 5.41) is 0. The van der Waals surface area contributed by atoms with Gasteiger partial charge in [0.05, 0.1) is 12.5 Å². The number of esters is 1. The first kappa shape index (κ1) is 14.9. The maximum absolute atomic E-state index is 12.2. The SMILES string of the molecule is COc1ccc2c(c1)C(OC(=O)C(C)(C)C)C(C)(C)C2. The molecule has 0 amide bonds. The fourth-order valence-corrected chi connectivity index (χ4v) is 2.62. The van der Waals surface area contributed by atoms with Gasteiger partial charge < -0.3 is 9.47 Å². The molecule has 1 atom stereocenters. The molecule has 0 bridgehead atoms. The number of ether oxygens (including phenoxy) is 2. The standard InChI is InChI=1S/C17H24O3/c1-16(2,3)15(18)20-14-13-9-12(19-6)8-7-11(13)10-17(14,4)5/h7-9,14H,10H2,1-6H3. The highest BCUT2D eigenvalue weighted by atomic mass is 16.5. The minimum atomic E-state index is -0.488. The lowest BCUT2D eigenvalue weighted by molar-refractivity contribution is -0.164. The van der Waals surface area contributed by atoms with Crippen LogP contribution in [0.1, 0.15) is 51.8 Å². The molecular formula is C17H24O3. The molecule has 1 aromatic rings. The Labute approximate surface area is 121 Å². The summed E-state index contributed by atoms with van der Waals surface area (Å²) in [6.07, 6.45) is 0.702. The molecule has 20 heavy (non-hydrogen) atoms. The first-order valence-corrected chi connectivity index (χ1v) is 7.03. The van der Waals surface area contributed by atoms with Gasteiger partial charge in [0.25, 0.3) is 0 Å². The molecule has 0 spiro atoms. The van der Waals surface area contributed by atoms with Gasteiger partial charge in [0.15, 0.2) is 0 Å². The molecule has 0 saturated carbocycles. The van der Waals surface area contributed by atoms with Crippen LogP contribution in [-0.4, -0.2) is 13.1 Å². The Hall–Kier alpha value is -1.51. The summed E-state index contributed by atoms with van der Waals surface area (Å²) in [6.45, 7) is 9.91. The molecule has 2 rings (SSSR count). The fourth-order valence-electron chi connectivity index (χ4n) is 2.62. The second kappa shape index (κ2) is 4.80.